The number of nitrogens with zero attached hydrogens (tertiary/aromatic N) is 2. The van der Waals surface area contributed by atoms with Gasteiger partial charge in [0.2, 0.25) is 0 Å². The predicted octanol–water partition coefficient (Wildman–Crippen LogP) is 4.52. The third-order valence-electron chi connectivity index (χ3n) is 3.78. The average molecular weight is 273 g/mol. The van der Waals surface area contributed by atoms with Crippen molar-refractivity contribution in [3.05, 3.63) is 36.4 Å². The van der Waals surface area contributed by atoms with E-state index in [-0.39, 0.29) is 8.88 Å². The molecule has 3 rings (SSSR count). The van der Waals surface area contributed by atoms with Gasteiger partial charge in [-0.05, 0) is 45.2 Å². The molecule has 0 unspecified atom stereocenters. The van der Waals surface area contributed by atoms with E-state index in [1.54, 1.807) is 0 Å². The van der Waals surface area contributed by atoms with Gasteiger partial charge in [0.25, 0.3) is 0 Å². The van der Waals surface area contributed by atoms with Crippen LogP contribution in [-0.2, 0) is 0 Å². The average Bonchev–Trinajstić information content (AvgIpc) is 2.39. The van der Waals surface area contributed by atoms with Crippen LogP contribution in [0.3, 0.4) is 0 Å². The first-order valence-corrected chi connectivity index (χ1v) is 8.06. The Balaban J connectivity index is 2.30. The Bertz CT molecular complexity index is 558. The van der Waals surface area contributed by atoms with Crippen LogP contribution in [0.1, 0.15) is 27.7 Å². The predicted molar refractivity (Wildman–Crippen MR) is 88.9 cm³/mol. The van der Waals surface area contributed by atoms with Gasteiger partial charge >= 0.3 is 0 Å². The Morgan fingerprint density at radius 1 is 0.789 bits per heavy atom. The van der Waals surface area contributed by atoms with Gasteiger partial charge in [0.1, 0.15) is 0 Å². The molecule has 2 aromatic rings. The molecule has 0 fully saturated rings. The normalized spacial score (nSPS) is 14.8. The largest absolute Gasteiger partial charge is 0.229 e. The number of hydrogen-bond donors (Lipinski definition) is 0. The Kier molecular flexibility index (Phi) is 3.14. The van der Waals surface area contributed by atoms with Crippen molar-refractivity contribution in [2.24, 2.45) is 0 Å². The van der Waals surface area contributed by atoms with Gasteiger partial charge in [0, 0.05) is 5.39 Å². The number of benzene rings is 2. The van der Waals surface area contributed by atoms with Crippen molar-refractivity contribution in [1.29, 1.82) is 0 Å². The molecule has 0 radical (unpaired) electrons. The summed E-state index contributed by atoms with van der Waals surface area (Å²) in [5, 5.41) is 2.77. The number of anilines is 2. The second-order valence-corrected chi connectivity index (χ2v) is 7.11. The fourth-order valence-electron chi connectivity index (χ4n) is 2.81. The highest BCUT2D eigenvalue weighted by molar-refractivity contribution is 7.42. The Hall–Kier alpha value is -1.27. The minimum absolute atomic E-state index is 0.125. The van der Waals surface area contributed by atoms with Crippen LogP contribution >= 0.6 is 8.88 Å². The van der Waals surface area contributed by atoms with Crippen molar-refractivity contribution in [2.45, 2.75) is 39.8 Å². The maximum Gasteiger partial charge on any atom is 0.170 e. The van der Waals surface area contributed by atoms with Gasteiger partial charge in [0.05, 0.1) is 23.5 Å². The molecule has 0 bridgehead atoms. The fourth-order valence-corrected chi connectivity index (χ4v) is 4.29. The van der Waals surface area contributed by atoms with E-state index in [1.165, 1.54) is 22.1 Å². The van der Waals surface area contributed by atoms with Gasteiger partial charge in [-0.15, -0.1) is 0 Å². The fraction of sp³-hybridized carbons (Fsp3) is 0.375. The molecule has 100 valence electrons. The Morgan fingerprint density at radius 3 is 1.68 bits per heavy atom. The summed E-state index contributed by atoms with van der Waals surface area (Å²) < 4.78 is 5.16. The molecule has 19 heavy (non-hydrogen) atoms. The molecule has 2 aromatic carbocycles. The van der Waals surface area contributed by atoms with E-state index in [1.807, 2.05) is 0 Å². The highest BCUT2D eigenvalue weighted by Crippen LogP contribution is 2.49. The molecular formula is C16H22N2P+. The van der Waals surface area contributed by atoms with Crippen LogP contribution in [0.25, 0.3) is 10.8 Å². The first kappa shape index (κ1) is 12.7. The van der Waals surface area contributed by atoms with Gasteiger partial charge in [-0.2, -0.15) is 0 Å². The lowest BCUT2D eigenvalue weighted by atomic mass is 10.1. The summed E-state index contributed by atoms with van der Waals surface area (Å²) in [5.41, 5.74) is 2.82. The standard InChI is InChI=1S/C16H21N2P/c1-11(2)17-14-9-5-7-13-8-6-10-15(16(13)14)18(19-17)12(3)4/h5-12,19H,1-4H3/p+1. The summed E-state index contributed by atoms with van der Waals surface area (Å²) in [6, 6.07) is 14.5. The van der Waals surface area contributed by atoms with Crippen LogP contribution < -0.4 is 9.34 Å². The molecule has 0 aromatic heterocycles. The van der Waals surface area contributed by atoms with Crippen molar-refractivity contribution < 1.29 is 0 Å². The second kappa shape index (κ2) is 4.68. The van der Waals surface area contributed by atoms with E-state index < -0.39 is 0 Å². The second-order valence-electron chi connectivity index (χ2n) is 5.77. The van der Waals surface area contributed by atoms with Gasteiger partial charge in [0.15, 0.2) is 8.88 Å². The third kappa shape index (κ3) is 1.99. The lowest BCUT2D eigenvalue weighted by Gasteiger charge is -2.36. The molecule has 0 saturated carbocycles. The summed E-state index contributed by atoms with van der Waals surface area (Å²) in [5.74, 6) is 0. The molecule has 0 aliphatic carbocycles. The van der Waals surface area contributed by atoms with Gasteiger partial charge < -0.3 is 0 Å². The SMILES string of the molecule is CC(C)N1[PH2+]N(C(C)C)c2cccc3cccc1c23. The quantitative estimate of drug-likeness (QED) is 0.742. The maximum atomic E-state index is 2.58. The highest BCUT2D eigenvalue weighted by atomic mass is 31.1. The van der Waals surface area contributed by atoms with Crippen LogP contribution in [0.2, 0.25) is 0 Å². The topological polar surface area (TPSA) is 6.48 Å². The summed E-state index contributed by atoms with van der Waals surface area (Å²) in [6.07, 6.45) is 0. The van der Waals surface area contributed by atoms with E-state index in [2.05, 4.69) is 73.4 Å². The van der Waals surface area contributed by atoms with Gasteiger partial charge in [-0.25, -0.2) is 9.34 Å². The first-order valence-electron chi connectivity index (χ1n) is 7.03. The van der Waals surface area contributed by atoms with E-state index in [9.17, 15) is 0 Å². The van der Waals surface area contributed by atoms with Crippen molar-refractivity contribution >= 4 is 31.0 Å². The van der Waals surface area contributed by atoms with Crippen LogP contribution in [0.15, 0.2) is 36.4 Å². The summed E-state index contributed by atoms with van der Waals surface area (Å²) in [7, 11) is 0.125. The monoisotopic (exact) mass is 273 g/mol. The smallest absolute Gasteiger partial charge is 0.170 e. The molecule has 0 amide bonds. The van der Waals surface area contributed by atoms with Crippen LogP contribution in [0.4, 0.5) is 11.4 Å². The molecule has 2 nitrogen and oxygen atoms in total. The van der Waals surface area contributed by atoms with Crippen molar-refractivity contribution in [2.75, 3.05) is 9.34 Å². The van der Waals surface area contributed by atoms with Crippen molar-refractivity contribution in [3.63, 3.8) is 0 Å². The van der Waals surface area contributed by atoms with Crippen molar-refractivity contribution in [1.82, 2.24) is 0 Å². The van der Waals surface area contributed by atoms with Gasteiger partial charge in [-0.1, -0.05) is 24.3 Å². The lowest BCUT2D eigenvalue weighted by Crippen LogP contribution is -2.34. The minimum Gasteiger partial charge on any atom is -0.229 e. The molecule has 1 heterocycles. The molecule has 0 saturated heterocycles. The summed E-state index contributed by atoms with van der Waals surface area (Å²) in [6.45, 7) is 9.16. The van der Waals surface area contributed by atoms with E-state index in [4.69, 9.17) is 0 Å². The number of hydrogen-bond acceptors (Lipinski definition) is 2. The van der Waals surface area contributed by atoms with E-state index >= 15 is 0 Å². The third-order valence-corrected chi connectivity index (χ3v) is 6.03. The first-order chi connectivity index (χ1) is 9.09. The zero-order chi connectivity index (χ0) is 13.6. The van der Waals surface area contributed by atoms with Gasteiger partial charge in [-0.3, -0.25) is 0 Å². The van der Waals surface area contributed by atoms with Crippen LogP contribution in [-0.4, -0.2) is 12.1 Å². The Morgan fingerprint density at radius 2 is 1.26 bits per heavy atom. The van der Waals surface area contributed by atoms with E-state index in [0.29, 0.717) is 12.1 Å². The molecule has 0 atom stereocenters. The van der Waals surface area contributed by atoms with E-state index in [0.717, 1.165) is 0 Å². The molecule has 3 heteroatoms. The zero-order valence-electron chi connectivity index (χ0n) is 12.1. The lowest BCUT2D eigenvalue weighted by molar-refractivity contribution is 0.797. The molecule has 0 N–H and O–H groups in total. The molecular weight excluding hydrogens is 251 g/mol. The summed E-state index contributed by atoms with van der Waals surface area (Å²) in [4.78, 5) is 0. The number of rotatable bonds is 2. The van der Waals surface area contributed by atoms with Crippen molar-refractivity contribution in [3.8, 4) is 0 Å². The Labute approximate surface area is 117 Å². The van der Waals surface area contributed by atoms with Crippen LogP contribution in [0.5, 0.6) is 0 Å². The zero-order valence-corrected chi connectivity index (χ0v) is 13.2. The van der Waals surface area contributed by atoms with Crippen LogP contribution in [0, 0.1) is 0 Å². The highest BCUT2D eigenvalue weighted by Gasteiger charge is 2.32. The maximum absolute atomic E-state index is 2.58. The summed E-state index contributed by atoms with van der Waals surface area (Å²) >= 11 is 0. The minimum atomic E-state index is 0.125. The molecule has 1 aliphatic rings. The molecule has 0 spiro atoms. The molecule has 1 aliphatic heterocycles.